The van der Waals surface area contributed by atoms with Gasteiger partial charge in [0.2, 0.25) is 0 Å². The SMILES string of the molecule is O=C(NC/C=C/c1cn([C@H]2C[C@@H](O)[C@@H](CO)O2)c(=O)[nH]c1=O)C(F)(F)F. The minimum Gasteiger partial charge on any atom is -0.394 e. The van der Waals surface area contributed by atoms with Crippen molar-refractivity contribution in [1.82, 2.24) is 14.9 Å². The minimum atomic E-state index is -5.01. The van der Waals surface area contributed by atoms with Crippen molar-refractivity contribution in [1.29, 1.82) is 0 Å². The van der Waals surface area contributed by atoms with Crippen LogP contribution in [0.15, 0.2) is 21.9 Å². The van der Waals surface area contributed by atoms with Gasteiger partial charge in [-0.2, -0.15) is 13.2 Å². The molecular weight excluding hydrogens is 363 g/mol. The summed E-state index contributed by atoms with van der Waals surface area (Å²) < 4.78 is 42.4. The molecule has 0 spiro atoms. The molecule has 0 bridgehead atoms. The van der Waals surface area contributed by atoms with Gasteiger partial charge in [0.05, 0.1) is 18.3 Å². The van der Waals surface area contributed by atoms with Gasteiger partial charge in [-0.15, -0.1) is 0 Å². The van der Waals surface area contributed by atoms with E-state index in [1.165, 1.54) is 0 Å². The lowest BCUT2D eigenvalue weighted by molar-refractivity contribution is -0.173. The number of ether oxygens (including phenoxy) is 1. The number of nitrogens with zero attached hydrogens (tertiary/aromatic N) is 1. The van der Waals surface area contributed by atoms with E-state index < -0.39 is 54.9 Å². The molecule has 26 heavy (non-hydrogen) atoms. The number of nitrogens with one attached hydrogen (secondary N) is 2. The van der Waals surface area contributed by atoms with E-state index in [4.69, 9.17) is 9.84 Å². The Kier molecular flexibility index (Phi) is 6.00. The number of carbonyl (C=O) groups excluding carboxylic acids is 1. The molecule has 0 aromatic carbocycles. The number of aliphatic hydroxyl groups is 2. The van der Waals surface area contributed by atoms with Crippen molar-refractivity contribution in [2.45, 2.75) is 31.0 Å². The van der Waals surface area contributed by atoms with Crippen molar-refractivity contribution in [3.05, 3.63) is 38.7 Å². The monoisotopic (exact) mass is 379 g/mol. The Morgan fingerprint density at radius 1 is 1.46 bits per heavy atom. The number of alkyl halides is 3. The van der Waals surface area contributed by atoms with Gasteiger partial charge in [-0.05, 0) is 0 Å². The fourth-order valence-corrected chi connectivity index (χ4v) is 2.32. The summed E-state index contributed by atoms with van der Waals surface area (Å²) in [4.78, 5) is 36.3. The van der Waals surface area contributed by atoms with Crippen LogP contribution in [-0.2, 0) is 9.53 Å². The molecule has 1 saturated heterocycles. The highest BCUT2D eigenvalue weighted by Crippen LogP contribution is 2.27. The van der Waals surface area contributed by atoms with E-state index >= 15 is 0 Å². The van der Waals surface area contributed by atoms with Crippen LogP contribution in [0.1, 0.15) is 18.2 Å². The molecular formula is C14H16F3N3O6. The Hall–Kier alpha value is -2.44. The number of hydrogen-bond acceptors (Lipinski definition) is 6. The molecule has 0 saturated carbocycles. The molecule has 1 amide bonds. The molecule has 1 aliphatic rings. The number of aromatic amines is 1. The second-order valence-electron chi connectivity index (χ2n) is 5.48. The van der Waals surface area contributed by atoms with Crippen LogP contribution >= 0.6 is 0 Å². The molecule has 2 rings (SSSR count). The maximum absolute atomic E-state index is 12.0. The summed E-state index contributed by atoms with van der Waals surface area (Å²) in [5, 5.41) is 20.4. The molecule has 1 fully saturated rings. The third-order valence-electron chi connectivity index (χ3n) is 3.63. The molecule has 9 nitrogen and oxygen atoms in total. The second-order valence-corrected chi connectivity index (χ2v) is 5.48. The fourth-order valence-electron chi connectivity index (χ4n) is 2.32. The maximum Gasteiger partial charge on any atom is 0.471 e. The Bertz CT molecular complexity index is 800. The van der Waals surface area contributed by atoms with Gasteiger partial charge >= 0.3 is 17.8 Å². The van der Waals surface area contributed by atoms with Crippen molar-refractivity contribution in [2.24, 2.45) is 0 Å². The Morgan fingerprint density at radius 2 is 2.15 bits per heavy atom. The quantitative estimate of drug-likeness (QED) is 0.512. The summed E-state index contributed by atoms with van der Waals surface area (Å²) in [7, 11) is 0. The largest absolute Gasteiger partial charge is 0.471 e. The Balaban J connectivity index is 2.13. The standard InChI is InChI=1S/C14H16F3N3O6/c15-14(16,17)12(24)18-3-1-2-7-5-20(13(25)19-11(7)23)10-4-8(22)9(6-21)26-10/h1-2,5,8-10,21-22H,3-4,6H2,(H,18,24)(H,19,23,25)/b2-1+/t8-,9-,10-/m1/s1. The number of amides is 1. The van der Waals surface area contributed by atoms with Crippen LogP contribution in [0.5, 0.6) is 0 Å². The first-order valence-electron chi connectivity index (χ1n) is 7.45. The van der Waals surface area contributed by atoms with Gasteiger partial charge in [-0.1, -0.05) is 12.2 Å². The zero-order valence-electron chi connectivity index (χ0n) is 13.2. The zero-order valence-corrected chi connectivity index (χ0v) is 13.2. The predicted octanol–water partition coefficient (Wildman–Crippen LogP) is -1.13. The summed E-state index contributed by atoms with van der Waals surface area (Å²) in [5.74, 6) is -2.12. The lowest BCUT2D eigenvalue weighted by Crippen LogP contribution is -2.36. The smallest absolute Gasteiger partial charge is 0.394 e. The van der Waals surface area contributed by atoms with E-state index in [2.05, 4.69) is 0 Å². The average Bonchev–Trinajstić information content (AvgIpc) is 2.92. The van der Waals surface area contributed by atoms with Gasteiger partial charge in [0.1, 0.15) is 12.3 Å². The van der Waals surface area contributed by atoms with Crippen LogP contribution in [0.3, 0.4) is 0 Å². The molecule has 1 aromatic rings. The first-order chi connectivity index (χ1) is 12.1. The van der Waals surface area contributed by atoms with Crippen LogP contribution in [0.2, 0.25) is 0 Å². The lowest BCUT2D eigenvalue weighted by Gasteiger charge is -2.14. The Labute approximate surface area is 143 Å². The van der Waals surface area contributed by atoms with E-state index in [0.29, 0.717) is 0 Å². The van der Waals surface area contributed by atoms with Crippen LogP contribution in [0.4, 0.5) is 13.2 Å². The van der Waals surface area contributed by atoms with E-state index in [0.717, 1.165) is 22.9 Å². The highest BCUT2D eigenvalue weighted by molar-refractivity contribution is 5.81. The van der Waals surface area contributed by atoms with Crippen molar-refractivity contribution in [3.63, 3.8) is 0 Å². The van der Waals surface area contributed by atoms with Gasteiger partial charge in [-0.3, -0.25) is 19.1 Å². The molecule has 0 radical (unpaired) electrons. The van der Waals surface area contributed by atoms with Gasteiger partial charge < -0.3 is 20.3 Å². The van der Waals surface area contributed by atoms with Gasteiger partial charge in [0.15, 0.2) is 0 Å². The third-order valence-corrected chi connectivity index (χ3v) is 3.63. The fraction of sp³-hybridized carbons (Fsp3) is 0.500. The second kappa shape index (κ2) is 7.85. The van der Waals surface area contributed by atoms with E-state index in [-0.39, 0.29) is 12.0 Å². The summed E-state index contributed by atoms with van der Waals surface area (Å²) in [6, 6.07) is 0. The molecule has 1 aromatic heterocycles. The third kappa shape index (κ3) is 4.59. The number of rotatable bonds is 5. The van der Waals surface area contributed by atoms with Crippen LogP contribution in [0.25, 0.3) is 6.08 Å². The van der Waals surface area contributed by atoms with Crippen molar-refractivity contribution in [2.75, 3.05) is 13.2 Å². The van der Waals surface area contributed by atoms with Gasteiger partial charge in [-0.25, -0.2) is 4.79 Å². The molecule has 4 N–H and O–H groups in total. The van der Waals surface area contributed by atoms with E-state index in [9.17, 15) is 32.7 Å². The summed E-state index contributed by atoms with van der Waals surface area (Å²) >= 11 is 0. The predicted molar refractivity (Wildman–Crippen MR) is 81.0 cm³/mol. The highest BCUT2D eigenvalue weighted by Gasteiger charge is 2.38. The van der Waals surface area contributed by atoms with Crippen molar-refractivity contribution >= 4 is 12.0 Å². The normalized spacial score (nSPS) is 23.5. The zero-order chi connectivity index (χ0) is 19.5. The lowest BCUT2D eigenvalue weighted by atomic mass is 10.2. The van der Waals surface area contributed by atoms with E-state index in [1.807, 2.05) is 4.98 Å². The Morgan fingerprint density at radius 3 is 2.73 bits per heavy atom. The number of aliphatic hydroxyl groups excluding tert-OH is 2. The van der Waals surface area contributed by atoms with Crippen molar-refractivity contribution < 1.29 is 32.9 Å². The maximum atomic E-state index is 12.0. The number of carbonyl (C=O) groups is 1. The highest BCUT2D eigenvalue weighted by atomic mass is 19.4. The first kappa shape index (κ1) is 19.9. The number of H-pyrrole nitrogens is 1. The average molecular weight is 379 g/mol. The molecule has 0 aliphatic carbocycles. The van der Waals surface area contributed by atoms with Crippen molar-refractivity contribution in [3.8, 4) is 0 Å². The van der Waals surface area contributed by atoms with Crippen LogP contribution in [-0.4, -0.2) is 57.2 Å². The molecule has 1 aliphatic heterocycles. The molecule has 144 valence electrons. The van der Waals surface area contributed by atoms with Crippen LogP contribution in [0, 0.1) is 0 Å². The molecule has 0 unspecified atom stereocenters. The first-order valence-corrected chi connectivity index (χ1v) is 7.45. The summed E-state index contributed by atoms with van der Waals surface area (Å²) in [6.07, 6.45) is -4.48. The minimum absolute atomic E-state index is 0.00196. The van der Waals surface area contributed by atoms with Gasteiger partial charge in [0.25, 0.3) is 5.56 Å². The molecule has 3 atom stereocenters. The topological polar surface area (TPSA) is 134 Å². The number of hydrogen-bond donors (Lipinski definition) is 4. The summed E-state index contributed by atoms with van der Waals surface area (Å²) in [6.45, 7) is -0.941. The number of halogens is 3. The molecule has 2 heterocycles. The molecule has 12 heteroatoms. The van der Waals surface area contributed by atoms with Gasteiger partial charge in [0, 0.05) is 19.2 Å². The van der Waals surface area contributed by atoms with Crippen LogP contribution < -0.4 is 16.6 Å². The summed E-state index contributed by atoms with van der Waals surface area (Å²) in [5.41, 5.74) is -1.67. The van der Waals surface area contributed by atoms with E-state index in [1.54, 1.807) is 5.32 Å². The number of aromatic nitrogens is 2.